The zero-order valence-corrected chi connectivity index (χ0v) is 15.1. The van der Waals surface area contributed by atoms with Crippen LogP contribution in [0.1, 0.15) is 17.2 Å². The van der Waals surface area contributed by atoms with Gasteiger partial charge in [0.15, 0.2) is 0 Å². The number of benzene rings is 2. The largest absolute Gasteiger partial charge is 0.445 e. The van der Waals surface area contributed by atoms with Crippen LogP contribution < -0.4 is 5.32 Å². The average molecular weight is 387 g/mol. The first-order chi connectivity index (χ1) is 13.0. The number of aliphatic hydroxyl groups excluding tert-OH is 2. The molecular formula is C20H19ClN2O4. The fourth-order valence-corrected chi connectivity index (χ4v) is 2.85. The molecule has 0 saturated carbocycles. The van der Waals surface area contributed by atoms with Crippen LogP contribution in [0.15, 0.2) is 60.8 Å². The number of hydrogen-bond acceptors (Lipinski definition) is 5. The standard InChI is InChI=1S/C20H19ClN2O4/c21-14-6-7-15-16(8-9-22-17(15)10-14)19(25)18(24)11-23-20(26)27-12-13-4-2-1-3-5-13/h1-10,18-19,24-25H,11-12H2,(H,23,26). The molecule has 6 nitrogen and oxygen atoms in total. The maximum absolute atomic E-state index is 11.8. The number of carbonyl (C=O) groups is 1. The SMILES string of the molecule is O=C(NCC(O)C(O)c1ccnc2cc(Cl)ccc12)OCc1ccccc1. The summed E-state index contributed by atoms with van der Waals surface area (Å²) >= 11 is 5.96. The first-order valence-electron chi connectivity index (χ1n) is 8.39. The molecule has 7 heteroatoms. The minimum Gasteiger partial charge on any atom is -0.445 e. The van der Waals surface area contributed by atoms with Gasteiger partial charge in [-0.3, -0.25) is 4.98 Å². The van der Waals surface area contributed by atoms with E-state index >= 15 is 0 Å². The van der Waals surface area contributed by atoms with E-state index in [-0.39, 0.29) is 13.2 Å². The monoisotopic (exact) mass is 386 g/mol. The van der Waals surface area contributed by atoms with E-state index in [0.29, 0.717) is 21.5 Å². The number of nitrogens with zero attached hydrogens (tertiary/aromatic N) is 1. The van der Waals surface area contributed by atoms with Crippen molar-refractivity contribution in [1.29, 1.82) is 0 Å². The Bertz CT molecular complexity index is 920. The van der Waals surface area contributed by atoms with Crippen molar-refractivity contribution in [3.63, 3.8) is 0 Å². The molecule has 3 rings (SSSR count). The summed E-state index contributed by atoms with van der Waals surface area (Å²) in [5.74, 6) is 0. The van der Waals surface area contributed by atoms with E-state index in [0.717, 1.165) is 5.56 Å². The lowest BCUT2D eigenvalue weighted by atomic mass is 10.0. The zero-order chi connectivity index (χ0) is 19.2. The molecule has 0 aliphatic heterocycles. The first kappa shape index (κ1) is 19.1. The normalized spacial score (nSPS) is 13.1. The topological polar surface area (TPSA) is 91.7 Å². The number of hydrogen-bond donors (Lipinski definition) is 3. The third kappa shape index (κ3) is 4.95. The fourth-order valence-electron chi connectivity index (χ4n) is 2.68. The summed E-state index contributed by atoms with van der Waals surface area (Å²) < 4.78 is 5.08. The lowest BCUT2D eigenvalue weighted by Gasteiger charge is -2.20. The highest BCUT2D eigenvalue weighted by atomic mass is 35.5. The van der Waals surface area contributed by atoms with Crippen molar-refractivity contribution in [1.82, 2.24) is 10.3 Å². The van der Waals surface area contributed by atoms with Gasteiger partial charge in [-0.15, -0.1) is 0 Å². The van der Waals surface area contributed by atoms with Crippen LogP contribution in [0.5, 0.6) is 0 Å². The lowest BCUT2D eigenvalue weighted by molar-refractivity contribution is 0.0192. The number of amides is 1. The Hall–Kier alpha value is -2.67. The molecule has 0 radical (unpaired) electrons. The summed E-state index contributed by atoms with van der Waals surface area (Å²) in [6.07, 6.45) is -1.55. The molecule has 1 amide bonds. The molecule has 3 N–H and O–H groups in total. The quantitative estimate of drug-likeness (QED) is 0.605. The van der Waals surface area contributed by atoms with Crippen molar-refractivity contribution in [3.05, 3.63) is 76.9 Å². The number of carbonyl (C=O) groups excluding carboxylic acids is 1. The number of fused-ring (bicyclic) bond motifs is 1. The van der Waals surface area contributed by atoms with Gasteiger partial charge in [-0.2, -0.15) is 0 Å². The highest BCUT2D eigenvalue weighted by molar-refractivity contribution is 6.31. The second-order valence-corrected chi connectivity index (χ2v) is 6.45. The number of halogens is 1. The van der Waals surface area contributed by atoms with Crippen molar-refractivity contribution in [2.75, 3.05) is 6.54 Å². The fraction of sp³-hybridized carbons (Fsp3) is 0.200. The van der Waals surface area contributed by atoms with Gasteiger partial charge in [-0.25, -0.2) is 4.79 Å². The van der Waals surface area contributed by atoms with Gasteiger partial charge in [0.1, 0.15) is 18.8 Å². The second-order valence-electron chi connectivity index (χ2n) is 6.02. The van der Waals surface area contributed by atoms with E-state index in [1.165, 1.54) is 6.20 Å². The van der Waals surface area contributed by atoms with Gasteiger partial charge in [0.25, 0.3) is 0 Å². The third-order valence-corrected chi connectivity index (χ3v) is 4.32. The smallest absolute Gasteiger partial charge is 0.407 e. The minimum absolute atomic E-state index is 0.126. The molecule has 0 saturated heterocycles. The van der Waals surface area contributed by atoms with Crippen LogP contribution in [0, 0.1) is 0 Å². The maximum Gasteiger partial charge on any atom is 0.407 e. The summed E-state index contributed by atoms with van der Waals surface area (Å²) in [4.78, 5) is 16.0. The minimum atomic E-state index is -1.21. The van der Waals surface area contributed by atoms with Crippen molar-refractivity contribution in [2.24, 2.45) is 0 Å². The number of aliphatic hydroxyl groups is 2. The van der Waals surface area contributed by atoms with Gasteiger partial charge in [-0.1, -0.05) is 48.0 Å². The van der Waals surface area contributed by atoms with E-state index in [2.05, 4.69) is 10.3 Å². The summed E-state index contributed by atoms with van der Waals surface area (Å²) in [5, 5.41) is 24.4. The molecule has 2 unspecified atom stereocenters. The van der Waals surface area contributed by atoms with Gasteiger partial charge < -0.3 is 20.3 Å². The van der Waals surface area contributed by atoms with Gasteiger partial charge in [0, 0.05) is 23.2 Å². The molecule has 0 fully saturated rings. The van der Waals surface area contributed by atoms with Crippen molar-refractivity contribution in [3.8, 4) is 0 Å². The van der Waals surface area contributed by atoms with Gasteiger partial charge in [-0.05, 0) is 29.3 Å². The molecule has 2 atom stereocenters. The number of ether oxygens (including phenoxy) is 1. The average Bonchev–Trinajstić information content (AvgIpc) is 2.70. The van der Waals surface area contributed by atoms with E-state index in [4.69, 9.17) is 16.3 Å². The Balaban J connectivity index is 1.58. The predicted molar refractivity (Wildman–Crippen MR) is 102 cm³/mol. The highest BCUT2D eigenvalue weighted by Gasteiger charge is 2.21. The first-order valence-corrected chi connectivity index (χ1v) is 8.77. The summed E-state index contributed by atoms with van der Waals surface area (Å²) in [6, 6.07) is 16.0. The number of rotatable bonds is 6. The molecule has 1 heterocycles. The molecule has 0 bridgehead atoms. The van der Waals surface area contributed by atoms with Gasteiger partial charge >= 0.3 is 6.09 Å². The van der Waals surface area contributed by atoms with E-state index < -0.39 is 18.3 Å². The molecule has 2 aromatic carbocycles. The summed E-state index contributed by atoms with van der Waals surface area (Å²) in [6.45, 7) is -0.0345. The van der Waals surface area contributed by atoms with Crippen molar-refractivity contribution >= 4 is 28.6 Å². The Morgan fingerprint density at radius 2 is 1.93 bits per heavy atom. The summed E-state index contributed by atoms with van der Waals surface area (Å²) in [5.41, 5.74) is 1.97. The predicted octanol–water partition coefficient (Wildman–Crippen LogP) is 3.21. The van der Waals surface area contributed by atoms with Crippen LogP contribution in [-0.4, -0.2) is 33.9 Å². The molecule has 0 spiro atoms. The van der Waals surface area contributed by atoms with E-state index in [1.54, 1.807) is 24.3 Å². The number of pyridine rings is 1. The van der Waals surface area contributed by atoms with Crippen LogP contribution in [0.2, 0.25) is 5.02 Å². The Labute approximate surface area is 161 Å². The van der Waals surface area contributed by atoms with Crippen LogP contribution in [0.25, 0.3) is 10.9 Å². The van der Waals surface area contributed by atoms with Crippen molar-refractivity contribution < 1.29 is 19.7 Å². The van der Waals surface area contributed by atoms with Crippen LogP contribution in [0.3, 0.4) is 0 Å². The second kappa shape index (κ2) is 8.81. The Morgan fingerprint density at radius 1 is 1.15 bits per heavy atom. The zero-order valence-electron chi connectivity index (χ0n) is 14.4. The third-order valence-electron chi connectivity index (χ3n) is 4.09. The van der Waals surface area contributed by atoms with Gasteiger partial charge in [0.2, 0.25) is 0 Å². The molecule has 140 valence electrons. The van der Waals surface area contributed by atoms with Crippen LogP contribution in [-0.2, 0) is 11.3 Å². The Kier molecular flexibility index (Phi) is 6.24. The van der Waals surface area contributed by atoms with Crippen LogP contribution >= 0.6 is 11.6 Å². The summed E-state index contributed by atoms with van der Waals surface area (Å²) in [7, 11) is 0. The number of aromatic nitrogens is 1. The van der Waals surface area contributed by atoms with Gasteiger partial charge in [0.05, 0.1) is 5.52 Å². The molecular weight excluding hydrogens is 368 g/mol. The lowest BCUT2D eigenvalue weighted by Crippen LogP contribution is -2.35. The maximum atomic E-state index is 11.8. The molecule has 27 heavy (non-hydrogen) atoms. The molecule has 0 aliphatic carbocycles. The number of alkyl carbamates (subject to hydrolysis) is 1. The van der Waals surface area contributed by atoms with E-state index in [9.17, 15) is 15.0 Å². The highest BCUT2D eigenvalue weighted by Crippen LogP contribution is 2.26. The van der Waals surface area contributed by atoms with Crippen molar-refractivity contribution in [2.45, 2.75) is 18.8 Å². The van der Waals surface area contributed by atoms with E-state index in [1.807, 2.05) is 30.3 Å². The molecule has 1 aromatic heterocycles. The Morgan fingerprint density at radius 3 is 2.70 bits per heavy atom. The van der Waals surface area contributed by atoms with Crippen LogP contribution in [0.4, 0.5) is 4.79 Å². The molecule has 3 aromatic rings. The number of nitrogens with one attached hydrogen (secondary N) is 1. The molecule has 0 aliphatic rings.